The van der Waals surface area contributed by atoms with Crippen LogP contribution in [-0.2, 0) is 4.79 Å². The minimum absolute atomic E-state index is 0.0347. The van der Waals surface area contributed by atoms with Gasteiger partial charge in [0.2, 0.25) is 6.54 Å². The normalized spacial score (nSPS) is 12.9. The highest BCUT2D eigenvalue weighted by Gasteiger charge is 2.18. The van der Waals surface area contributed by atoms with Crippen LogP contribution in [0.25, 0.3) is 0 Å². The van der Waals surface area contributed by atoms with E-state index in [0.29, 0.717) is 12.3 Å². The molecule has 13 heavy (non-hydrogen) atoms. The second-order valence-electron chi connectivity index (χ2n) is 3.92. The highest BCUT2D eigenvalue weighted by molar-refractivity contribution is 5.75. The predicted molar refractivity (Wildman–Crippen MR) is 50.1 cm³/mol. The summed E-state index contributed by atoms with van der Waals surface area (Å²) in [7, 11) is 0. The zero-order chi connectivity index (χ0) is 10.4. The topological polar surface area (TPSA) is 60.2 Å². The molecule has 0 fully saturated rings. The molecule has 0 heterocycles. The fraction of sp³-hybridized carbons (Fsp3) is 0.889. The van der Waals surface area contributed by atoms with E-state index in [1.165, 1.54) is 6.92 Å². The van der Waals surface area contributed by atoms with Crippen LogP contribution < -0.4 is 0 Å². The molecule has 0 aromatic rings. The van der Waals surface area contributed by atoms with E-state index in [9.17, 15) is 14.9 Å². The molecular weight excluding hydrogens is 170 g/mol. The third-order valence-corrected chi connectivity index (χ3v) is 1.79. The van der Waals surface area contributed by atoms with Crippen LogP contribution in [0.1, 0.15) is 33.6 Å². The van der Waals surface area contributed by atoms with E-state index >= 15 is 0 Å². The smallest absolute Gasteiger partial charge is 0.207 e. The first-order valence-electron chi connectivity index (χ1n) is 4.53. The average Bonchev–Trinajstić information content (AvgIpc) is 1.80. The average molecular weight is 187 g/mol. The second kappa shape index (κ2) is 5.67. The molecule has 0 aliphatic heterocycles. The summed E-state index contributed by atoms with van der Waals surface area (Å²) < 4.78 is 0. The standard InChI is InChI=1S/C9H17NO3/c1-7(2)4-9(5-8(3)11)6-10(12)13/h7,9H,4-6H2,1-3H3. The van der Waals surface area contributed by atoms with Crippen LogP contribution in [0.5, 0.6) is 0 Å². The Hall–Kier alpha value is -0.930. The molecule has 0 saturated carbocycles. The Labute approximate surface area is 78.5 Å². The van der Waals surface area contributed by atoms with Gasteiger partial charge in [-0.25, -0.2) is 0 Å². The van der Waals surface area contributed by atoms with Gasteiger partial charge in [0, 0.05) is 17.3 Å². The van der Waals surface area contributed by atoms with Crippen molar-refractivity contribution in [2.45, 2.75) is 33.6 Å². The van der Waals surface area contributed by atoms with Crippen LogP contribution in [0.3, 0.4) is 0 Å². The first-order chi connectivity index (χ1) is 5.91. The van der Waals surface area contributed by atoms with E-state index in [-0.39, 0.29) is 23.2 Å². The summed E-state index contributed by atoms with van der Waals surface area (Å²) in [5, 5.41) is 10.3. The minimum Gasteiger partial charge on any atom is -0.300 e. The van der Waals surface area contributed by atoms with Gasteiger partial charge in [0.15, 0.2) is 0 Å². The number of hydrogen-bond donors (Lipinski definition) is 0. The molecule has 0 aromatic carbocycles. The van der Waals surface area contributed by atoms with E-state index in [2.05, 4.69) is 0 Å². The summed E-state index contributed by atoms with van der Waals surface area (Å²) >= 11 is 0. The number of Topliss-reactive ketones (excluding diaryl/α,β-unsaturated/α-hetero) is 1. The van der Waals surface area contributed by atoms with Gasteiger partial charge in [-0.2, -0.15) is 0 Å². The molecule has 0 aliphatic rings. The van der Waals surface area contributed by atoms with E-state index < -0.39 is 0 Å². The first-order valence-corrected chi connectivity index (χ1v) is 4.53. The van der Waals surface area contributed by atoms with E-state index in [0.717, 1.165) is 6.42 Å². The van der Waals surface area contributed by atoms with Crippen molar-refractivity contribution in [2.24, 2.45) is 11.8 Å². The van der Waals surface area contributed by atoms with E-state index in [1.807, 2.05) is 13.8 Å². The monoisotopic (exact) mass is 187 g/mol. The Morgan fingerprint density at radius 1 is 1.46 bits per heavy atom. The molecule has 0 N–H and O–H groups in total. The number of rotatable bonds is 6. The lowest BCUT2D eigenvalue weighted by Crippen LogP contribution is -2.18. The van der Waals surface area contributed by atoms with Crippen molar-refractivity contribution in [3.8, 4) is 0 Å². The Kier molecular flexibility index (Phi) is 5.26. The van der Waals surface area contributed by atoms with Gasteiger partial charge in [-0.3, -0.25) is 10.1 Å². The molecule has 0 amide bonds. The Morgan fingerprint density at radius 3 is 2.31 bits per heavy atom. The molecule has 76 valence electrons. The maximum Gasteiger partial charge on any atom is 0.207 e. The lowest BCUT2D eigenvalue weighted by molar-refractivity contribution is -0.488. The number of carbonyl (C=O) groups is 1. The predicted octanol–water partition coefficient (Wildman–Crippen LogP) is 1.90. The summed E-state index contributed by atoms with van der Waals surface area (Å²) in [6.07, 6.45) is 1.08. The van der Waals surface area contributed by atoms with Gasteiger partial charge in [-0.1, -0.05) is 13.8 Å². The number of nitrogens with zero attached hydrogens (tertiary/aromatic N) is 1. The van der Waals surface area contributed by atoms with Crippen molar-refractivity contribution >= 4 is 5.78 Å². The van der Waals surface area contributed by atoms with Gasteiger partial charge in [-0.15, -0.1) is 0 Å². The third kappa shape index (κ3) is 7.43. The maximum absolute atomic E-state index is 10.8. The summed E-state index contributed by atoms with van der Waals surface area (Å²) in [6, 6.07) is 0. The lowest BCUT2D eigenvalue weighted by atomic mass is 9.93. The largest absolute Gasteiger partial charge is 0.300 e. The molecule has 0 bridgehead atoms. The van der Waals surface area contributed by atoms with Gasteiger partial charge in [0.05, 0.1) is 0 Å². The summed E-state index contributed by atoms with van der Waals surface area (Å²) in [4.78, 5) is 20.7. The van der Waals surface area contributed by atoms with Crippen LogP contribution in [-0.4, -0.2) is 17.3 Å². The molecule has 0 aliphatic carbocycles. The van der Waals surface area contributed by atoms with E-state index in [4.69, 9.17) is 0 Å². The van der Waals surface area contributed by atoms with Crippen molar-refractivity contribution in [1.82, 2.24) is 0 Å². The second-order valence-corrected chi connectivity index (χ2v) is 3.92. The van der Waals surface area contributed by atoms with Crippen LogP contribution in [0.4, 0.5) is 0 Å². The van der Waals surface area contributed by atoms with Crippen LogP contribution in [0.2, 0.25) is 0 Å². The van der Waals surface area contributed by atoms with Gasteiger partial charge in [0.25, 0.3) is 0 Å². The zero-order valence-electron chi connectivity index (χ0n) is 8.45. The first kappa shape index (κ1) is 12.1. The van der Waals surface area contributed by atoms with Crippen molar-refractivity contribution in [1.29, 1.82) is 0 Å². The molecule has 1 unspecified atom stereocenters. The van der Waals surface area contributed by atoms with Gasteiger partial charge < -0.3 is 4.79 Å². The molecule has 4 nitrogen and oxygen atoms in total. The molecule has 0 spiro atoms. The molecule has 0 saturated heterocycles. The number of ketones is 1. The van der Waals surface area contributed by atoms with Gasteiger partial charge in [-0.05, 0) is 19.3 Å². The third-order valence-electron chi connectivity index (χ3n) is 1.79. The maximum atomic E-state index is 10.8. The SMILES string of the molecule is CC(=O)CC(CC(C)C)C[N+](=O)[O-]. The summed E-state index contributed by atoms with van der Waals surface area (Å²) in [6.45, 7) is 5.41. The number of nitro groups is 1. The fourth-order valence-electron chi connectivity index (χ4n) is 1.51. The Morgan fingerprint density at radius 2 is 2.00 bits per heavy atom. The number of hydrogen-bond acceptors (Lipinski definition) is 3. The molecular formula is C9H17NO3. The van der Waals surface area contributed by atoms with Crippen molar-refractivity contribution in [2.75, 3.05) is 6.54 Å². The molecule has 4 heteroatoms. The van der Waals surface area contributed by atoms with Crippen LogP contribution in [0.15, 0.2) is 0 Å². The quantitative estimate of drug-likeness (QED) is 0.471. The Bertz CT molecular complexity index is 173. The fourth-order valence-corrected chi connectivity index (χ4v) is 1.51. The van der Waals surface area contributed by atoms with Crippen LogP contribution >= 0.6 is 0 Å². The minimum atomic E-state index is -0.337. The highest BCUT2D eigenvalue weighted by Crippen LogP contribution is 2.15. The highest BCUT2D eigenvalue weighted by atomic mass is 16.6. The molecule has 0 rings (SSSR count). The molecule has 0 radical (unpaired) electrons. The van der Waals surface area contributed by atoms with Crippen LogP contribution in [0, 0.1) is 22.0 Å². The number of carbonyl (C=O) groups excluding carboxylic acids is 1. The zero-order valence-corrected chi connectivity index (χ0v) is 8.45. The summed E-state index contributed by atoms with van der Waals surface area (Å²) in [5.74, 6) is 0.351. The van der Waals surface area contributed by atoms with Crippen molar-refractivity contribution in [3.63, 3.8) is 0 Å². The summed E-state index contributed by atoms with van der Waals surface area (Å²) in [5.41, 5.74) is 0. The van der Waals surface area contributed by atoms with Crippen molar-refractivity contribution in [3.05, 3.63) is 10.1 Å². The Balaban J connectivity index is 4.02. The molecule has 0 aromatic heterocycles. The van der Waals surface area contributed by atoms with Gasteiger partial charge in [0.1, 0.15) is 5.78 Å². The van der Waals surface area contributed by atoms with Crippen molar-refractivity contribution < 1.29 is 9.72 Å². The van der Waals surface area contributed by atoms with Gasteiger partial charge >= 0.3 is 0 Å². The van der Waals surface area contributed by atoms with E-state index in [1.54, 1.807) is 0 Å². The molecule has 1 atom stereocenters. The lowest BCUT2D eigenvalue weighted by Gasteiger charge is -2.12.